The fourth-order valence-corrected chi connectivity index (χ4v) is 1.02. The molecule has 0 aliphatic rings. The zero-order valence-corrected chi connectivity index (χ0v) is 7.18. The number of hydrogen-bond donors (Lipinski definition) is 0. The van der Waals surface area contributed by atoms with Crippen LogP contribution in [0.5, 0.6) is 5.88 Å². The highest BCUT2D eigenvalue weighted by Crippen LogP contribution is 2.20. The average molecular weight is 155 g/mol. The first-order valence-corrected chi connectivity index (χ1v) is 3.87. The third-order valence-electron chi connectivity index (χ3n) is 1.58. The van der Waals surface area contributed by atoms with Crippen molar-refractivity contribution < 1.29 is 9.26 Å². The molecule has 0 N–H and O–H groups in total. The second kappa shape index (κ2) is 3.42. The summed E-state index contributed by atoms with van der Waals surface area (Å²) in [5.41, 5.74) is 1.08. The molecule has 3 nitrogen and oxygen atoms in total. The fourth-order valence-electron chi connectivity index (χ4n) is 1.02. The van der Waals surface area contributed by atoms with Crippen LogP contribution < -0.4 is 4.74 Å². The molecule has 0 atom stereocenters. The minimum Gasteiger partial charge on any atom is -0.476 e. The monoisotopic (exact) mass is 155 g/mol. The largest absolute Gasteiger partial charge is 0.476 e. The van der Waals surface area contributed by atoms with Crippen molar-refractivity contribution in [2.24, 2.45) is 0 Å². The molecular formula is C8H13NO2. The van der Waals surface area contributed by atoms with Gasteiger partial charge in [0.25, 0.3) is 5.88 Å². The van der Waals surface area contributed by atoms with Gasteiger partial charge in [-0.1, -0.05) is 6.92 Å². The lowest BCUT2D eigenvalue weighted by Gasteiger charge is -1.98. The van der Waals surface area contributed by atoms with Crippen LogP contribution in [-0.4, -0.2) is 11.8 Å². The maximum atomic E-state index is 5.24. The molecule has 0 radical (unpaired) electrons. The zero-order valence-electron chi connectivity index (χ0n) is 7.18. The van der Waals surface area contributed by atoms with Crippen LogP contribution in [0.15, 0.2) is 4.52 Å². The van der Waals surface area contributed by atoms with E-state index in [9.17, 15) is 0 Å². The van der Waals surface area contributed by atoms with Gasteiger partial charge >= 0.3 is 0 Å². The molecule has 0 bridgehead atoms. The maximum Gasteiger partial charge on any atom is 0.257 e. The molecule has 0 unspecified atom stereocenters. The van der Waals surface area contributed by atoms with E-state index in [0.29, 0.717) is 12.5 Å². The van der Waals surface area contributed by atoms with E-state index in [4.69, 9.17) is 9.26 Å². The van der Waals surface area contributed by atoms with Crippen LogP contribution in [0.1, 0.15) is 25.2 Å². The van der Waals surface area contributed by atoms with E-state index in [0.717, 1.165) is 17.7 Å². The Labute approximate surface area is 66.3 Å². The van der Waals surface area contributed by atoms with Gasteiger partial charge in [0.1, 0.15) is 5.76 Å². The summed E-state index contributed by atoms with van der Waals surface area (Å²) in [7, 11) is 0. The van der Waals surface area contributed by atoms with Crippen LogP contribution in [-0.2, 0) is 6.42 Å². The van der Waals surface area contributed by atoms with Crippen LogP contribution >= 0.6 is 0 Å². The van der Waals surface area contributed by atoms with Crippen LogP contribution in [0.25, 0.3) is 0 Å². The lowest BCUT2D eigenvalue weighted by molar-refractivity contribution is 0.290. The summed E-state index contributed by atoms with van der Waals surface area (Å²) in [6.07, 6.45) is 0.907. The Bertz CT molecular complexity index is 230. The molecule has 0 amide bonds. The highest BCUT2D eigenvalue weighted by molar-refractivity contribution is 5.27. The van der Waals surface area contributed by atoms with Crippen molar-refractivity contribution >= 4 is 0 Å². The summed E-state index contributed by atoms with van der Waals surface area (Å²) in [5.74, 6) is 1.50. The molecule has 1 rings (SSSR count). The molecule has 0 aromatic carbocycles. The first-order chi connectivity index (χ1) is 5.29. The number of aryl methyl sites for hydroxylation is 1. The Kier molecular flexibility index (Phi) is 2.52. The van der Waals surface area contributed by atoms with Gasteiger partial charge in [0.2, 0.25) is 0 Å². The molecule has 62 valence electrons. The smallest absolute Gasteiger partial charge is 0.257 e. The zero-order chi connectivity index (χ0) is 8.27. The lowest BCUT2D eigenvalue weighted by Crippen LogP contribution is -1.94. The molecule has 1 aromatic rings. The third-order valence-corrected chi connectivity index (χ3v) is 1.58. The van der Waals surface area contributed by atoms with Gasteiger partial charge in [-0.2, -0.15) is 0 Å². The average Bonchev–Trinajstić information content (AvgIpc) is 2.33. The van der Waals surface area contributed by atoms with Gasteiger partial charge in [0.05, 0.1) is 12.2 Å². The molecule has 1 heterocycles. The molecular weight excluding hydrogens is 142 g/mol. The normalized spacial score (nSPS) is 10.1. The van der Waals surface area contributed by atoms with Crippen molar-refractivity contribution in [1.82, 2.24) is 5.16 Å². The van der Waals surface area contributed by atoms with E-state index in [1.807, 2.05) is 13.8 Å². The van der Waals surface area contributed by atoms with Crippen LogP contribution in [0.3, 0.4) is 0 Å². The van der Waals surface area contributed by atoms with Gasteiger partial charge in [-0.15, -0.1) is 0 Å². The Hall–Kier alpha value is -0.990. The first kappa shape index (κ1) is 8.11. The topological polar surface area (TPSA) is 35.3 Å². The van der Waals surface area contributed by atoms with Gasteiger partial charge < -0.3 is 9.26 Å². The quantitative estimate of drug-likeness (QED) is 0.669. The molecule has 0 aliphatic heterocycles. The maximum absolute atomic E-state index is 5.24. The first-order valence-electron chi connectivity index (χ1n) is 3.87. The third kappa shape index (κ3) is 1.53. The molecule has 0 saturated carbocycles. The van der Waals surface area contributed by atoms with Gasteiger partial charge in [0, 0.05) is 0 Å². The standard InChI is InChI=1S/C8H13NO2/c1-4-7-6(3)11-9-8(7)10-5-2/h4-5H2,1-3H3. The van der Waals surface area contributed by atoms with Crippen molar-refractivity contribution in [3.05, 3.63) is 11.3 Å². The number of ether oxygens (including phenoxy) is 1. The minimum absolute atomic E-state index is 0.638. The van der Waals surface area contributed by atoms with E-state index in [1.165, 1.54) is 0 Å². The molecule has 0 aliphatic carbocycles. The van der Waals surface area contributed by atoms with Gasteiger partial charge in [-0.3, -0.25) is 0 Å². The second-order valence-electron chi connectivity index (χ2n) is 2.31. The summed E-state index contributed by atoms with van der Waals surface area (Å²) in [6.45, 7) is 6.53. The number of nitrogens with zero attached hydrogens (tertiary/aromatic N) is 1. The predicted octanol–water partition coefficient (Wildman–Crippen LogP) is 1.94. The highest BCUT2D eigenvalue weighted by Gasteiger charge is 2.10. The van der Waals surface area contributed by atoms with E-state index in [1.54, 1.807) is 0 Å². The van der Waals surface area contributed by atoms with Crippen molar-refractivity contribution in [1.29, 1.82) is 0 Å². The fraction of sp³-hybridized carbons (Fsp3) is 0.625. The van der Waals surface area contributed by atoms with E-state index in [-0.39, 0.29) is 0 Å². The second-order valence-corrected chi connectivity index (χ2v) is 2.31. The Morgan fingerprint density at radius 2 is 2.18 bits per heavy atom. The number of hydrogen-bond acceptors (Lipinski definition) is 3. The summed E-state index contributed by atoms with van der Waals surface area (Å²) in [6, 6.07) is 0. The number of rotatable bonds is 3. The van der Waals surface area contributed by atoms with Crippen LogP contribution in [0.4, 0.5) is 0 Å². The summed E-state index contributed by atoms with van der Waals surface area (Å²) in [5, 5.41) is 3.78. The van der Waals surface area contributed by atoms with Gasteiger partial charge in [-0.05, 0) is 25.4 Å². The summed E-state index contributed by atoms with van der Waals surface area (Å²) >= 11 is 0. The van der Waals surface area contributed by atoms with Crippen LogP contribution in [0.2, 0.25) is 0 Å². The number of aromatic nitrogens is 1. The molecule has 0 fully saturated rings. The predicted molar refractivity (Wildman–Crippen MR) is 41.8 cm³/mol. The Morgan fingerprint density at radius 1 is 1.45 bits per heavy atom. The molecule has 3 heteroatoms. The highest BCUT2D eigenvalue weighted by atomic mass is 16.5. The lowest BCUT2D eigenvalue weighted by atomic mass is 10.2. The van der Waals surface area contributed by atoms with Gasteiger partial charge in [0.15, 0.2) is 0 Å². The Morgan fingerprint density at radius 3 is 2.73 bits per heavy atom. The van der Waals surface area contributed by atoms with Crippen molar-refractivity contribution in [3.8, 4) is 5.88 Å². The Balaban J connectivity index is 2.86. The summed E-state index contributed by atoms with van der Waals surface area (Å²) < 4.78 is 10.2. The van der Waals surface area contributed by atoms with Crippen LogP contribution in [0, 0.1) is 6.92 Å². The molecule has 1 aromatic heterocycles. The van der Waals surface area contributed by atoms with E-state index >= 15 is 0 Å². The van der Waals surface area contributed by atoms with E-state index < -0.39 is 0 Å². The van der Waals surface area contributed by atoms with Crippen molar-refractivity contribution in [2.45, 2.75) is 27.2 Å². The van der Waals surface area contributed by atoms with Crippen molar-refractivity contribution in [3.63, 3.8) is 0 Å². The SMILES string of the molecule is CCOc1noc(C)c1CC. The summed E-state index contributed by atoms with van der Waals surface area (Å²) in [4.78, 5) is 0. The minimum atomic E-state index is 0.638. The molecule has 11 heavy (non-hydrogen) atoms. The molecule has 0 saturated heterocycles. The molecule has 0 spiro atoms. The van der Waals surface area contributed by atoms with Crippen molar-refractivity contribution in [2.75, 3.05) is 6.61 Å². The van der Waals surface area contributed by atoms with E-state index in [2.05, 4.69) is 12.1 Å². The van der Waals surface area contributed by atoms with Gasteiger partial charge in [-0.25, -0.2) is 0 Å².